The van der Waals surface area contributed by atoms with Crippen molar-refractivity contribution in [2.75, 3.05) is 21.1 Å². The van der Waals surface area contributed by atoms with Crippen LogP contribution in [-0.4, -0.2) is 30.0 Å². The molecule has 1 aromatic heterocycles. The second kappa shape index (κ2) is 9.95. The van der Waals surface area contributed by atoms with Crippen molar-refractivity contribution in [2.24, 2.45) is 5.73 Å². The molecular weight excluding hydrogens is 473 g/mol. The van der Waals surface area contributed by atoms with E-state index in [9.17, 15) is 26.4 Å². The topological polar surface area (TPSA) is 139 Å². The molecule has 0 aliphatic heterocycles. The zero-order valence-electron chi connectivity index (χ0n) is 17.8. The maximum absolute atomic E-state index is 13.5. The summed E-state index contributed by atoms with van der Waals surface area (Å²) in [5.74, 6) is -1.30. The smallest absolute Gasteiger partial charge is 0.366 e. The standard InChI is InChI=1S/C21H21F3N6O3S/c1-2-34(32,33)30-16-5-3-4-13(10-16)11-26-19-17(21(22,23)24)12-27-20(29-19)28-15-8-6-14(7-9-15)18(25)31/h3-10,12,30H,2,11H2,1H3,(H2,25,31)(H2,26,27,28,29). The van der Waals surface area contributed by atoms with Gasteiger partial charge in [-0.1, -0.05) is 12.1 Å². The van der Waals surface area contributed by atoms with Gasteiger partial charge in [-0.25, -0.2) is 13.4 Å². The summed E-state index contributed by atoms with van der Waals surface area (Å²) in [6, 6.07) is 12.2. The highest BCUT2D eigenvalue weighted by Gasteiger charge is 2.35. The average molecular weight is 494 g/mol. The Labute approximate surface area is 193 Å². The van der Waals surface area contributed by atoms with Gasteiger partial charge < -0.3 is 16.4 Å². The van der Waals surface area contributed by atoms with E-state index in [-0.39, 0.29) is 23.8 Å². The van der Waals surface area contributed by atoms with E-state index in [2.05, 4.69) is 25.3 Å². The SMILES string of the molecule is CCS(=O)(=O)Nc1cccc(CNc2nc(Nc3ccc(C(N)=O)cc3)ncc2C(F)(F)F)c1. The molecule has 3 aromatic rings. The minimum atomic E-state index is -4.71. The molecule has 0 unspecified atom stereocenters. The van der Waals surface area contributed by atoms with Gasteiger partial charge in [0.1, 0.15) is 11.4 Å². The minimum Gasteiger partial charge on any atom is -0.366 e. The van der Waals surface area contributed by atoms with Crippen LogP contribution >= 0.6 is 0 Å². The highest BCUT2D eigenvalue weighted by molar-refractivity contribution is 7.92. The van der Waals surface area contributed by atoms with E-state index in [1.54, 1.807) is 12.1 Å². The molecule has 0 bridgehead atoms. The van der Waals surface area contributed by atoms with Crippen molar-refractivity contribution < 1.29 is 26.4 Å². The van der Waals surface area contributed by atoms with Crippen molar-refractivity contribution in [3.63, 3.8) is 0 Å². The molecule has 13 heteroatoms. The molecule has 0 radical (unpaired) electrons. The zero-order valence-corrected chi connectivity index (χ0v) is 18.7. The number of amides is 1. The highest BCUT2D eigenvalue weighted by atomic mass is 32.2. The molecule has 0 fully saturated rings. The van der Waals surface area contributed by atoms with Gasteiger partial charge in [0.15, 0.2) is 0 Å². The Morgan fingerprint density at radius 1 is 1.09 bits per heavy atom. The van der Waals surface area contributed by atoms with Crippen LogP contribution in [0.25, 0.3) is 0 Å². The van der Waals surface area contributed by atoms with Gasteiger partial charge in [-0.15, -0.1) is 0 Å². The molecule has 1 heterocycles. The lowest BCUT2D eigenvalue weighted by molar-refractivity contribution is -0.137. The summed E-state index contributed by atoms with van der Waals surface area (Å²) in [6.45, 7) is 1.42. The molecule has 0 spiro atoms. The van der Waals surface area contributed by atoms with Gasteiger partial charge in [0.05, 0.1) is 5.75 Å². The Kier molecular flexibility index (Phi) is 7.25. The Morgan fingerprint density at radius 3 is 2.41 bits per heavy atom. The lowest BCUT2D eigenvalue weighted by atomic mass is 10.2. The van der Waals surface area contributed by atoms with Crippen molar-refractivity contribution in [3.05, 3.63) is 71.4 Å². The lowest BCUT2D eigenvalue weighted by Gasteiger charge is -2.15. The summed E-state index contributed by atoms with van der Waals surface area (Å²) in [5, 5.41) is 5.41. The first kappa shape index (κ1) is 24.8. The molecule has 34 heavy (non-hydrogen) atoms. The number of benzene rings is 2. The molecule has 180 valence electrons. The van der Waals surface area contributed by atoms with Gasteiger partial charge in [-0.3, -0.25) is 9.52 Å². The van der Waals surface area contributed by atoms with Gasteiger partial charge in [-0.2, -0.15) is 18.2 Å². The molecule has 3 rings (SSSR count). The number of anilines is 4. The summed E-state index contributed by atoms with van der Waals surface area (Å²) < 4.78 is 66.3. The number of rotatable bonds is 9. The van der Waals surface area contributed by atoms with Crippen molar-refractivity contribution in [1.29, 1.82) is 0 Å². The Balaban J connectivity index is 1.81. The van der Waals surface area contributed by atoms with Crippen LogP contribution in [0.5, 0.6) is 0 Å². The Bertz CT molecular complexity index is 1280. The van der Waals surface area contributed by atoms with Gasteiger partial charge in [-0.05, 0) is 48.9 Å². The first-order chi connectivity index (χ1) is 16.0. The van der Waals surface area contributed by atoms with Crippen molar-refractivity contribution >= 4 is 39.1 Å². The number of aromatic nitrogens is 2. The Hall–Kier alpha value is -3.87. The molecule has 0 aliphatic carbocycles. The third-order valence-corrected chi connectivity index (χ3v) is 5.87. The van der Waals surface area contributed by atoms with Gasteiger partial charge >= 0.3 is 6.18 Å². The number of alkyl halides is 3. The number of sulfonamides is 1. The van der Waals surface area contributed by atoms with Crippen molar-refractivity contribution in [1.82, 2.24) is 9.97 Å². The van der Waals surface area contributed by atoms with Crippen LogP contribution in [-0.2, 0) is 22.7 Å². The minimum absolute atomic E-state index is 0.0610. The van der Waals surface area contributed by atoms with Crippen molar-refractivity contribution in [2.45, 2.75) is 19.6 Å². The number of nitrogens with two attached hydrogens (primary N) is 1. The maximum Gasteiger partial charge on any atom is 0.421 e. The Morgan fingerprint density at radius 2 is 1.79 bits per heavy atom. The van der Waals surface area contributed by atoms with E-state index >= 15 is 0 Å². The van der Waals surface area contributed by atoms with E-state index in [4.69, 9.17) is 5.73 Å². The van der Waals surface area contributed by atoms with Crippen LogP contribution in [0.3, 0.4) is 0 Å². The van der Waals surface area contributed by atoms with Crippen LogP contribution in [0.1, 0.15) is 28.4 Å². The molecular formula is C21H21F3N6O3S. The average Bonchev–Trinajstić information content (AvgIpc) is 2.77. The second-order valence-corrected chi connectivity index (χ2v) is 9.09. The van der Waals surface area contributed by atoms with Crippen molar-refractivity contribution in [3.8, 4) is 0 Å². The highest BCUT2D eigenvalue weighted by Crippen LogP contribution is 2.34. The summed E-state index contributed by atoms with van der Waals surface area (Å²) in [4.78, 5) is 18.8. The van der Waals surface area contributed by atoms with E-state index in [1.165, 1.54) is 43.3 Å². The number of halogens is 3. The van der Waals surface area contributed by atoms with E-state index in [0.29, 0.717) is 23.1 Å². The molecule has 0 aliphatic rings. The summed E-state index contributed by atoms with van der Waals surface area (Å²) in [6.07, 6.45) is -4.05. The fourth-order valence-electron chi connectivity index (χ4n) is 2.81. The number of hydrogen-bond acceptors (Lipinski definition) is 7. The summed E-state index contributed by atoms with van der Waals surface area (Å²) >= 11 is 0. The fraction of sp³-hybridized carbons (Fsp3) is 0.190. The van der Waals surface area contributed by atoms with E-state index < -0.39 is 33.5 Å². The first-order valence-electron chi connectivity index (χ1n) is 9.91. The molecule has 0 atom stereocenters. The zero-order chi connectivity index (χ0) is 24.9. The van der Waals surface area contributed by atoms with E-state index in [0.717, 1.165) is 0 Å². The van der Waals surface area contributed by atoms with Gasteiger partial charge in [0.2, 0.25) is 21.9 Å². The predicted octanol–water partition coefficient (Wildman–Crippen LogP) is 3.71. The number of nitrogens with zero attached hydrogens (tertiary/aromatic N) is 2. The van der Waals surface area contributed by atoms with Crippen LogP contribution in [0.2, 0.25) is 0 Å². The van der Waals surface area contributed by atoms with Crippen LogP contribution in [0.15, 0.2) is 54.7 Å². The number of nitrogens with one attached hydrogen (secondary N) is 3. The first-order valence-corrected chi connectivity index (χ1v) is 11.6. The lowest BCUT2D eigenvalue weighted by Crippen LogP contribution is -2.15. The normalized spacial score (nSPS) is 11.6. The van der Waals surface area contributed by atoms with E-state index in [1.807, 2.05) is 0 Å². The number of carbonyl (C=O) groups excluding carboxylic acids is 1. The summed E-state index contributed by atoms with van der Waals surface area (Å²) in [7, 11) is -3.50. The fourth-order valence-corrected chi connectivity index (χ4v) is 3.44. The molecule has 5 N–H and O–H groups in total. The molecule has 2 aromatic carbocycles. The quantitative estimate of drug-likeness (QED) is 0.356. The van der Waals surface area contributed by atoms with Gasteiger partial charge in [0, 0.05) is 29.7 Å². The van der Waals surface area contributed by atoms with Crippen LogP contribution < -0.4 is 21.1 Å². The number of primary amides is 1. The molecule has 0 saturated heterocycles. The van der Waals surface area contributed by atoms with Crippen LogP contribution in [0, 0.1) is 0 Å². The summed E-state index contributed by atoms with van der Waals surface area (Å²) in [5.41, 5.74) is 5.65. The third kappa shape index (κ3) is 6.57. The molecule has 1 amide bonds. The number of hydrogen-bond donors (Lipinski definition) is 4. The third-order valence-electron chi connectivity index (χ3n) is 4.56. The number of carbonyl (C=O) groups is 1. The van der Waals surface area contributed by atoms with Crippen LogP contribution in [0.4, 0.5) is 36.3 Å². The largest absolute Gasteiger partial charge is 0.421 e. The molecule has 9 nitrogen and oxygen atoms in total. The second-order valence-electron chi connectivity index (χ2n) is 7.08. The molecule has 0 saturated carbocycles. The van der Waals surface area contributed by atoms with Gasteiger partial charge in [0.25, 0.3) is 0 Å². The maximum atomic E-state index is 13.5. The monoisotopic (exact) mass is 494 g/mol. The predicted molar refractivity (Wildman–Crippen MR) is 122 cm³/mol.